The molecule has 0 atom stereocenters. The van der Waals surface area contributed by atoms with Crippen LogP contribution in [-0.2, 0) is 12.8 Å². The van der Waals surface area contributed by atoms with Crippen molar-refractivity contribution in [3.63, 3.8) is 0 Å². The number of carbonyl (C=O) groups excluding carboxylic acids is 1. The molecule has 0 amide bonds. The number of aryl methyl sites for hydroxylation is 1. The van der Waals surface area contributed by atoms with Crippen LogP contribution in [0.15, 0.2) is 30.6 Å². The molecule has 19 heavy (non-hydrogen) atoms. The van der Waals surface area contributed by atoms with Gasteiger partial charge in [-0.15, -0.1) is 0 Å². The maximum atomic E-state index is 12.2. The first-order valence-corrected chi connectivity index (χ1v) is 6.62. The Morgan fingerprint density at radius 2 is 1.95 bits per heavy atom. The molecule has 0 saturated carbocycles. The Labute approximate surface area is 113 Å². The monoisotopic (exact) mass is 257 g/mol. The second kappa shape index (κ2) is 5.78. The van der Waals surface area contributed by atoms with Gasteiger partial charge in [-0.1, -0.05) is 31.2 Å². The topological polar surface area (TPSA) is 47.8 Å². The Bertz CT molecular complexity index is 555. The first kappa shape index (κ1) is 13.5. The summed E-state index contributed by atoms with van der Waals surface area (Å²) in [6, 6.07) is 7.99. The van der Waals surface area contributed by atoms with Crippen LogP contribution in [0.4, 0.5) is 0 Å². The standard InChI is InChI=1S/C15H19N3O/c1-4-12-5-7-13(8-6-12)14(19)9-15-16-10-17-18(15)11(2)3/h5-8,10-11H,4,9H2,1-3H3. The average molecular weight is 257 g/mol. The van der Waals surface area contributed by atoms with Crippen molar-refractivity contribution in [2.75, 3.05) is 0 Å². The van der Waals surface area contributed by atoms with Crippen molar-refractivity contribution in [1.82, 2.24) is 14.8 Å². The zero-order valence-electron chi connectivity index (χ0n) is 11.6. The molecule has 0 N–H and O–H groups in total. The van der Waals surface area contributed by atoms with Gasteiger partial charge in [0.1, 0.15) is 12.2 Å². The van der Waals surface area contributed by atoms with E-state index in [1.807, 2.05) is 38.1 Å². The van der Waals surface area contributed by atoms with Gasteiger partial charge in [-0.3, -0.25) is 4.79 Å². The van der Waals surface area contributed by atoms with E-state index in [9.17, 15) is 4.79 Å². The highest BCUT2D eigenvalue weighted by molar-refractivity contribution is 5.97. The molecular weight excluding hydrogens is 238 g/mol. The fourth-order valence-electron chi connectivity index (χ4n) is 2.00. The molecule has 0 spiro atoms. The van der Waals surface area contributed by atoms with Crippen LogP contribution in [0.5, 0.6) is 0 Å². The van der Waals surface area contributed by atoms with Crippen molar-refractivity contribution < 1.29 is 4.79 Å². The van der Waals surface area contributed by atoms with Crippen molar-refractivity contribution in [3.05, 3.63) is 47.5 Å². The minimum atomic E-state index is 0.0811. The number of rotatable bonds is 5. The molecule has 0 fully saturated rings. The fourth-order valence-corrected chi connectivity index (χ4v) is 2.00. The lowest BCUT2D eigenvalue weighted by Crippen LogP contribution is -2.13. The lowest BCUT2D eigenvalue weighted by Gasteiger charge is -2.08. The summed E-state index contributed by atoms with van der Waals surface area (Å²) >= 11 is 0. The molecule has 0 saturated heterocycles. The molecule has 0 aliphatic heterocycles. The van der Waals surface area contributed by atoms with Crippen LogP contribution >= 0.6 is 0 Å². The predicted molar refractivity (Wildman–Crippen MR) is 74.3 cm³/mol. The SMILES string of the molecule is CCc1ccc(C(=O)Cc2ncnn2C(C)C)cc1. The Balaban J connectivity index is 2.13. The van der Waals surface area contributed by atoms with E-state index < -0.39 is 0 Å². The summed E-state index contributed by atoms with van der Waals surface area (Å²) in [6.45, 7) is 6.15. The molecule has 0 bridgehead atoms. The van der Waals surface area contributed by atoms with Crippen LogP contribution in [0.1, 0.15) is 48.6 Å². The molecule has 0 radical (unpaired) electrons. The van der Waals surface area contributed by atoms with E-state index in [1.54, 1.807) is 4.68 Å². The second-order valence-electron chi connectivity index (χ2n) is 4.87. The van der Waals surface area contributed by atoms with Crippen molar-refractivity contribution >= 4 is 5.78 Å². The molecule has 0 unspecified atom stereocenters. The highest BCUT2D eigenvalue weighted by Gasteiger charge is 2.13. The molecule has 1 aromatic heterocycles. The number of Topliss-reactive ketones (excluding diaryl/α,β-unsaturated/α-hetero) is 1. The summed E-state index contributed by atoms with van der Waals surface area (Å²) in [4.78, 5) is 16.4. The molecular formula is C15H19N3O. The van der Waals surface area contributed by atoms with Gasteiger partial charge in [-0.2, -0.15) is 5.10 Å². The van der Waals surface area contributed by atoms with Gasteiger partial charge >= 0.3 is 0 Å². The van der Waals surface area contributed by atoms with Gasteiger partial charge in [-0.25, -0.2) is 9.67 Å². The first-order valence-electron chi connectivity index (χ1n) is 6.62. The van der Waals surface area contributed by atoms with Crippen LogP contribution in [-0.4, -0.2) is 20.5 Å². The summed E-state index contributed by atoms with van der Waals surface area (Å²) in [5.74, 6) is 0.803. The van der Waals surface area contributed by atoms with Crippen molar-refractivity contribution in [1.29, 1.82) is 0 Å². The summed E-state index contributed by atoms with van der Waals surface area (Å²) in [5.41, 5.74) is 1.97. The van der Waals surface area contributed by atoms with Crippen LogP contribution in [0.3, 0.4) is 0 Å². The van der Waals surface area contributed by atoms with E-state index in [2.05, 4.69) is 17.0 Å². The molecule has 100 valence electrons. The van der Waals surface area contributed by atoms with Crippen molar-refractivity contribution in [2.45, 2.75) is 39.7 Å². The third-order valence-corrected chi connectivity index (χ3v) is 3.14. The molecule has 4 nitrogen and oxygen atoms in total. The van der Waals surface area contributed by atoms with Crippen LogP contribution < -0.4 is 0 Å². The quantitative estimate of drug-likeness (QED) is 0.774. The molecule has 1 heterocycles. The smallest absolute Gasteiger partial charge is 0.170 e. The van der Waals surface area contributed by atoms with Crippen LogP contribution in [0, 0.1) is 0 Å². The van der Waals surface area contributed by atoms with Crippen molar-refractivity contribution in [2.24, 2.45) is 0 Å². The van der Waals surface area contributed by atoms with E-state index in [-0.39, 0.29) is 11.8 Å². The lowest BCUT2D eigenvalue weighted by atomic mass is 10.0. The molecule has 0 aliphatic carbocycles. The molecule has 1 aromatic carbocycles. The number of hydrogen-bond acceptors (Lipinski definition) is 3. The van der Waals surface area contributed by atoms with Gasteiger partial charge in [0.25, 0.3) is 0 Å². The van der Waals surface area contributed by atoms with Crippen LogP contribution in [0.25, 0.3) is 0 Å². The minimum Gasteiger partial charge on any atom is -0.294 e. The predicted octanol–water partition coefficient (Wildman–Crippen LogP) is 2.85. The highest BCUT2D eigenvalue weighted by atomic mass is 16.1. The maximum Gasteiger partial charge on any atom is 0.170 e. The van der Waals surface area contributed by atoms with Gasteiger partial charge in [0, 0.05) is 11.6 Å². The van der Waals surface area contributed by atoms with E-state index in [0.29, 0.717) is 6.42 Å². The van der Waals surface area contributed by atoms with Crippen LogP contribution in [0.2, 0.25) is 0 Å². The van der Waals surface area contributed by atoms with Crippen molar-refractivity contribution in [3.8, 4) is 0 Å². The molecule has 4 heteroatoms. The summed E-state index contributed by atoms with van der Waals surface area (Å²) in [7, 11) is 0. The number of hydrogen-bond donors (Lipinski definition) is 0. The Kier molecular flexibility index (Phi) is 4.10. The average Bonchev–Trinajstić information content (AvgIpc) is 2.87. The van der Waals surface area contributed by atoms with E-state index in [4.69, 9.17) is 0 Å². The third-order valence-electron chi connectivity index (χ3n) is 3.14. The number of benzene rings is 1. The number of ketones is 1. The van der Waals surface area contributed by atoms with E-state index in [0.717, 1.165) is 17.8 Å². The summed E-state index contributed by atoms with van der Waals surface area (Å²) in [6.07, 6.45) is 2.78. The number of nitrogens with zero attached hydrogens (tertiary/aromatic N) is 3. The maximum absolute atomic E-state index is 12.2. The zero-order chi connectivity index (χ0) is 13.8. The number of aromatic nitrogens is 3. The lowest BCUT2D eigenvalue weighted by molar-refractivity contribution is 0.0989. The van der Waals surface area contributed by atoms with Gasteiger partial charge < -0.3 is 0 Å². The van der Waals surface area contributed by atoms with E-state index >= 15 is 0 Å². The van der Waals surface area contributed by atoms with Gasteiger partial charge in [0.2, 0.25) is 0 Å². The largest absolute Gasteiger partial charge is 0.294 e. The third kappa shape index (κ3) is 3.08. The van der Waals surface area contributed by atoms with Gasteiger partial charge in [0.05, 0.1) is 6.42 Å². The summed E-state index contributed by atoms with van der Waals surface area (Å²) < 4.78 is 1.79. The molecule has 2 aromatic rings. The first-order chi connectivity index (χ1) is 9.11. The normalized spacial score (nSPS) is 10.9. The fraction of sp³-hybridized carbons (Fsp3) is 0.400. The Morgan fingerprint density at radius 3 is 2.53 bits per heavy atom. The zero-order valence-corrected chi connectivity index (χ0v) is 11.6. The summed E-state index contributed by atoms with van der Waals surface area (Å²) in [5, 5.41) is 4.14. The van der Waals surface area contributed by atoms with Gasteiger partial charge in [-0.05, 0) is 25.8 Å². The highest BCUT2D eigenvalue weighted by Crippen LogP contribution is 2.11. The molecule has 2 rings (SSSR count). The Morgan fingerprint density at radius 1 is 1.26 bits per heavy atom. The Hall–Kier alpha value is -1.97. The molecule has 0 aliphatic rings. The second-order valence-corrected chi connectivity index (χ2v) is 4.87. The number of carbonyl (C=O) groups is 1. The van der Waals surface area contributed by atoms with Gasteiger partial charge in [0.15, 0.2) is 5.78 Å². The minimum absolute atomic E-state index is 0.0811. The van der Waals surface area contributed by atoms with E-state index in [1.165, 1.54) is 11.9 Å².